The van der Waals surface area contributed by atoms with Crippen LogP contribution in [0.1, 0.15) is 52.7 Å². The molecule has 0 aliphatic rings. The van der Waals surface area contributed by atoms with E-state index in [0.717, 1.165) is 17.1 Å². The maximum absolute atomic E-state index is 2.53. The number of hydrogen-bond donors (Lipinski definition) is 0. The standard InChI is InChI=1S/C72H58N2/c1-71(2,3)57-31-39-67-63(45-57)64-46-58(72(4,5)6)32-40-68(64)74(67)66-38-30-52-27-35-61-65(37-29-51-28-36-62(66)70(52)69(51)61)73(59-33-25-50(26-34-59)54-24-16-23-53(41-54)47-17-10-7-11-18-47)60-43-55(48-19-12-8-13-20-48)42-56(44-60)49-21-14-9-15-22-49/h7-46H,1-6H3. The molecule has 0 saturated carbocycles. The number of nitrogens with zero attached hydrogens (tertiary/aromatic N) is 2. The van der Waals surface area contributed by atoms with Crippen molar-refractivity contribution >= 4 is 71.2 Å². The molecule has 0 saturated heterocycles. The summed E-state index contributed by atoms with van der Waals surface area (Å²) in [5.41, 5.74) is 19.1. The van der Waals surface area contributed by atoms with Crippen molar-refractivity contribution in [1.29, 1.82) is 0 Å². The molecule has 0 fully saturated rings. The van der Waals surface area contributed by atoms with Gasteiger partial charge < -0.3 is 9.47 Å². The molecule has 0 N–H and O–H groups in total. The van der Waals surface area contributed by atoms with Gasteiger partial charge in [0.1, 0.15) is 0 Å². The summed E-state index contributed by atoms with van der Waals surface area (Å²) >= 11 is 0. The Hall–Kier alpha value is -8.72. The molecule has 13 rings (SSSR count). The zero-order valence-corrected chi connectivity index (χ0v) is 43.0. The summed E-state index contributed by atoms with van der Waals surface area (Å²) < 4.78 is 2.53. The molecule has 356 valence electrons. The van der Waals surface area contributed by atoms with Gasteiger partial charge in [-0.25, -0.2) is 0 Å². The summed E-state index contributed by atoms with van der Waals surface area (Å²) in [5, 5.41) is 10.0. The van der Waals surface area contributed by atoms with Crippen LogP contribution in [0.3, 0.4) is 0 Å². The highest BCUT2D eigenvalue weighted by atomic mass is 15.1. The lowest BCUT2D eigenvalue weighted by Crippen LogP contribution is -2.11. The zero-order chi connectivity index (χ0) is 50.3. The second kappa shape index (κ2) is 17.5. The van der Waals surface area contributed by atoms with Crippen LogP contribution < -0.4 is 4.90 Å². The lowest BCUT2D eigenvalue weighted by atomic mass is 9.85. The van der Waals surface area contributed by atoms with Crippen molar-refractivity contribution in [3.8, 4) is 50.2 Å². The molecule has 0 unspecified atom stereocenters. The maximum atomic E-state index is 2.53. The molecule has 0 bridgehead atoms. The summed E-state index contributed by atoms with van der Waals surface area (Å²) in [6, 6.07) is 90.4. The SMILES string of the molecule is CC(C)(C)c1ccc2c(c1)c1cc(C(C)(C)C)ccc1n2-c1ccc2ccc3c(N(c4ccc(-c5cccc(-c6ccccc6)c5)cc4)c4cc(-c5ccccc5)cc(-c5ccccc5)c4)ccc4ccc1c2c43. The largest absolute Gasteiger partial charge is 0.310 e. The van der Waals surface area contributed by atoms with Crippen LogP contribution in [0.15, 0.2) is 243 Å². The van der Waals surface area contributed by atoms with Crippen LogP contribution in [0.2, 0.25) is 0 Å². The van der Waals surface area contributed by atoms with Gasteiger partial charge in [0.15, 0.2) is 0 Å². The van der Waals surface area contributed by atoms with Crippen LogP contribution in [0, 0.1) is 0 Å². The van der Waals surface area contributed by atoms with E-state index in [4.69, 9.17) is 0 Å². The molecular formula is C72H58N2. The van der Waals surface area contributed by atoms with Gasteiger partial charge in [0.2, 0.25) is 0 Å². The summed E-state index contributed by atoms with van der Waals surface area (Å²) in [4.78, 5) is 2.49. The van der Waals surface area contributed by atoms with E-state index in [2.05, 4.69) is 294 Å². The van der Waals surface area contributed by atoms with Crippen LogP contribution in [-0.2, 0) is 10.8 Å². The third-order valence-corrected chi connectivity index (χ3v) is 15.4. The molecule has 2 heteroatoms. The molecule has 1 heterocycles. The molecule has 0 amide bonds. The Kier molecular flexibility index (Phi) is 10.7. The molecule has 0 aliphatic heterocycles. The Labute approximate surface area is 434 Å². The zero-order valence-electron chi connectivity index (χ0n) is 43.0. The van der Waals surface area contributed by atoms with Gasteiger partial charge >= 0.3 is 0 Å². The molecule has 0 aliphatic carbocycles. The van der Waals surface area contributed by atoms with Crippen LogP contribution in [-0.4, -0.2) is 4.57 Å². The number of hydrogen-bond acceptors (Lipinski definition) is 1. The minimum Gasteiger partial charge on any atom is -0.310 e. The Bertz CT molecular complexity index is 4100. The van der Waals surface area contributed by atoms with Gasteiger partial charge in [-0.2, -0.15) is 0 Å². The lowest BCUT2D eigenvalue weighted by molar-refractivity contribution is 0.590. The number of aromatic nitrogens is 1. The first-order valence-corrected chi connectivity index (χ1v) is 26.1. The van der Waals surface area contributed by atoms with E-state index in [9.17, 15) is 0 Å². The van der Waals surface area contributed by atoms with Crippen molar-refractivity contribution in [2.24, 2.45) is 0 Å². The van der Waals surface area contributed by atoms with Gasteiger partial charge in [-0.3, -0.25) is 0 Å². The molecule has 74 heavy (non-hydrogen) atoms. The molecule has 12 aromatic carbocycles. The van der Waals surface area contributed by atoms with Gasteiger partial charge in [0.05, 0.1) is 22.4 Å². The first-order chi connectivity index (χ1) is 35.9. The summed E-state index contributed by atoms with van der Waals surface area (Å²) in [7, 11) is 0. The summed E-state index contributed by atoms with van der Waals surface area (Å²) in [6.45, 7) is 13.9. The fraction of sp³-hybridized carbons (Fsp3) is 0.111. The van der Waals surface area contributed by atoms with E-state index >= 15 is 0 Å². The van der Waals surface area contributed by atoms with Gasteiger partial charge in [0, 0.05) is 32.9 Å². The van der Waals surface area contributed by atoms with E-state index in [-0.39, 0.29) is 10.8 Å². The predicted octanol–water partition coefficient (Wildman–Crippen LogP) is 20.4. The van der Waals surface area contributed by atoms with Crippen LogP contribution >= 0.6 is 0 Å². The first kappa shape index (κ1) is 45.2. The smallest absolute Gasteiger partial charge is 0.0541 e. The van der Waals surface area contributed by atoms with Crippen molar-refractivity contribution in [3.63, 3.8) is 0 Å². The van der Waals surface area contributed by atoms with Crippen LogP contribution in [0.25, 0.3) is 104 Å². The first-order valence-electron chi connectivity index (χ1n) is 26.1. The molecule has 1 aromatic heterocycles. The Morgan fingerprint density at radius 3 is 1.26 bits per heavy atom. The highest BCUT2D eigenvalue weighted by molar-refractivity contribution is 6.27. The van der Waals surface area contributed by atoms with E-state index in [1.54, 1.807) is 0 Å². The number of fused-ring (bicyclic) bond motifs is 3. The quantitative estimate of drug-likeness (QED) is 0.138. The number of rotatable bonds is 8. The second-order valence-electron chi connectivity index (χ2n) is 22.2. The Morgan fingerprint density at radius 1 is 0.297 bits per heavy atom. The van der Waals surface area contributed by atoms with Crippen LogP contribution in [0.4, 0.5) is 17.1 Å². The molecular weight excluding hydrogens is 893 g/mol. The number of anilines is 3. The number of benzene rings is 12. The van der Waals surface area contributed by atoms with Crippen molar-refractivity contribution in [2.45, 2.75) is 52.4 Å². The van der Waals surface area contributed by atoms with E-state index in [0.29, 0.717) is 0 Å². The van der Waals surface area contributed by atoms with Gasteiger partial charge in [-0.05, 0) is 161 Å². The monoisotopic (exact) mass is 950 g/mol. The maximum Gasteiger partial charge on any atom is 0.0541 e. The molecule has 0 atom stereocenters. The normalized spacial score (nSPS) is 12.2. The molecule has 13 aromatic rings. The topological polar surface area (TPSA) is 8.17 Å². The second-order valence-corrected chi connectivity index (χ2v) is 22.2. The third-order valence-electron chi connectivity index (χ3n) is 15.4. The van der Waals surface area contributed by atoms with Crippen molar-refractivity contribution in [2.75, 3.05) is 4.90 Å². The molecule has 0 radical (unpaired) electrons. The Balaban J connectivity index is 1.04. The van der Waals surface area contributed by atoms with E-state index < -0.39 is 0 Å². The summed E-state index contributed by atoms with van der Waals surface area (Å²) in [6.07, 6.45) is 0. The molecule has 2 nitrogen and oxygen atoms in total. The van der Waals surface area contributed by atoms with Crippen molar-refractivity contribution in [1.82, 2.24) is 4.57 Å². The predicted molar refractivity (Wildman–Crippen MR) is 318 cm³/mol. The Morgan fingerprint density at radius 2 is 0.730 bits per heavy atom. The van der Waals surface area contributed by atoms with Gasteiger partial charge in [-0.1, -0.05) is 211 Å². The lowest BCUT2D eigenvalue weighted by Gasteiger charge is -2.29. The van der Waals surface area contributed by atoms with Crippen molar-refractivity contribution < 1.29 is 0 Å². The third kappa shape index (κ3) is 7.81. The summed E-state index contributed by atoms with van der Waals surface area (Å²) in [5.74, 6) is 0. The minimum atomic E-state index is 0.0192. The average Bonchev–Trinajstić information content (AvgIpc) is 3.80. The van der Waals surface area contributed by atoms with Gasteiger partial charge in [-0.15, -0.1) is 0 Å². The van der Waals surface area contributed by atoms with E-state index in [1.165, 1.54) is 115 Å². The fourth-order valence-electron chi connectivity index (χ4n) is 11.4. The van der Waals surface area contributed by atoms with E-state index in [1.807, 2.05) is 0 Å². The molecule has 0 spiro atoms. The van der Waals surface area contributed by atoms with Gasteiger partial charge in [0.25, 0.3) is 0 Å². The minimum absolute atomic E-state index is 0.0192. The average molecular weight is 951 g/mol. The fourth-order valence-corrected chi connectivity index (χ4v) is 11.4. The van der Waals surface area contributed by atoms with Crippen LogP contribution in [0.5, 0.6) is 0 Å². The highest BCUT2D eigenvalue weighted by Crippen LogP contribution is 2.48. The van der Waals surface area contributed by atoms with Crippen molar-refractivity contribution in [3.05, 3.63) is 254 Å². The highest BCUT2D eigenvalue weighted by Gasteiger charge is 2.25.